The number of aromatic nitrogens is 1. The third-order valence-electron chi connectivity index (χ3n) is 3.51. The Labute approximate surface area is 158 Å². The quantitative estimate of drug-likeness (QED) is 0.420. The third-order valence-corrected chi connectivity index (χ3v) is 4.38. The number of thiazole rings is 1. The molecule has 9 heteroatoms. The van der Waals surface area contributed by atoms with Crippen molar-refractivity contribution in [3.63, 3.8) is 0 Å². The van der Waals surface area contributed by atoms with Crippen LogP contribution in [-0.2, 0) is 13.2 Å². The molecule has 0 atom stereocenters. The number of methoxy groups -OCH3 is 1. The van der Waals surface area contributed by atoms with Crippen molar-refractivity contribution in [2.24, 2.45) is 0 Å². The summed E-state index contributed by atoms with van der Waals surface area (Å²) in [7, 11) is 1.46. The number of rotatable bonds is 8. The van der Waals surface area contributed by atoms with Gasteiger partial charge in [0.1, 0.15) is 29.8 Å². The van der Waals surface area contributed by atoms with Crippen LogP contribution in [0, 0.1) is 15.9 Å². The number of hydrogen-bond acceptors (Lipinski definition) is 7. The summed E-state index contributed by atoms with van der Waals surface area (Å²) >= 11 is 1.40. The number of halogens is 1. The minimum atomic E-state index is -0.500. The molecule has 1 aromatic heterocycles. The zero-order valence-electron chi connectivity index (χ0n) is 14.3. The molecular formula is C18H15FN2O5S. The number of benzene rings is 2. The first kappa shape index (κ1) is 18.6. The van der Waals surface area contributed by atoms with Crippen LogP contribution in [0.1, 0.15) is 10.7 Å². The minimum Gasteiger partial charge on any atom is -0.493 e. The van der Waals surface area contributed by atoms with Crippen LogP contribution >= 0.6 is 11.3 Å². The first-order chi connectivity index (χ1) is 13.0. The summed E-state index contributed by atoms with van der Waals surface area (Å²) in [5.41, 5.74) is 0.573. The Bertz CT molecular complexity index is 930. The summed E-state index contributed by atoms with van der Waals surface area (Å²) in [6.07, 6.45) is 0. The molecule has 0 aliphatic carbocycles. The van der Waals surface area contributed by atoms with Crippen molar-refractivity contribution in [2.45, 2.75) is 13.2 Å². The Kier molecular flexibility index (Phi) is 5.82. The first-order valence-corrected chi connectivity index (χ1v) is 8.70. The summed E-state index contributed by atoms with van der Waals surface area (Å²) in [5.74, 6) is 0.887. The van der Waals surface area contributed by atoms with Crippen LogP contribution < -0.4 is 14.2 Å². The van der Waals surface area contributed by atoms with Crippen LogP contribution in [0.2, 0.25) is 0 Å². The van der Waals surface area contributed by atoms with E-state index in [1.54, 1.807) is 12.1 Å². The van der Waals surface area contributed by atoms with Crippen LogP contribution in [0.15, 0.2) is 47.8 Å². The van der Waals surface area contributed by atoms with Gasteiger partial charge in [0.25, 0.3) is 5.69 Å². The van der Waals surface area contributed by atoms with Gasteiger partial charge in [0, 0.05) is 11.4 Å². The fourth-order valence-electron chi connectivity index (χ4n) is 2.20. The van der Waals surface area contributed by atoms with Crippen LogP contribution in [0.4, 0.5) is 10.1 Å². The van der Waals surface area contributed by atoms with Gasteiger partial charge < -0.3 is 14.2 Å². The van der Waals surface area contributed by atoms with Crippen molar-refractivity contribution in [1.82, 2.24) is 4.98 Å². The summed E-state index contributed by atoms with van der Waals surface area (Å²) in [4.78, 5) is 14.8. The van der Waals surface area contributed by atoms with Gasteiger partial charge in [0.15, 0.2) is 11.5 Å². The maximum Gasteiger partial charge on any atom is 0.273 e. The molecule has 0 N–H and O–H groups in total. The second-order valence-electron chi connectivity index (χ2n) is 5.36. The van der Waals surface area contributed by atoms with E-state index in [0.29, 0.717) is 17.2 Å². The molecule has 27 heavy (non-hydrogen) atoms. The van der Waals surface area contributed by atoms with Crippen molar-refractivity contribution < 1.29 is 23.5 Å². The summed E-state index contributed by atoms with van der Waals surface area (Å²) in [6, 6.07) is 9.87. The minimum absolute atomic E-state index is 0.0857. The molecule has 7 nitrogen and oxygen atoms in total. The predicted octanol–water partition coefficient (Wildman–Crippen LogP) is 4.36. The number of nitro benzene ring substituents is 1. The Morgan fingerprint density at radius 2 is 1.89 bits per heavy atom. The fourth-order valence-corrected chi connectivity index (χ4v) is 2.89. The lowest BCUT2D eigenvalue weighted by molar-refractivity contribution is -0.385. The SMILES string of the molecule is COc1ccc([N+](=O)[O-])cc1OCc1csc(COc2ccc(F)cc2)n1. The molecule has 3 aromatic rings. The molecule has 0 aliphatic heterocycles. The molecule has 1 heterocycles. The molecule has 0 radical (unpaired) electrons. The van der Waals surface area contributed by atoms with E-state index in [1.165, 1.54) is 48.8 Å². The van der Waals surface area contributed by atoms with Crippen LogP contribution in [0.5, 0.6) is 17.2 Å². The van der Waals surface area contributed by atoms with Crippen molar-refractivity contribution >= 4 is 17.0 Å². The highest BCUT2D eigenvalue weighted by molar-refractivity contribution is 7.09. The lowest BCUT2D eigenvalue weighted by atomic mass is 10.3. The van der Waals surface area contributed by atoms with E-state index in [4.69, 9.17) is 14.2 Å². The average molecular weight is 390 g/mol. The second-order valence-corrected chi connectivity index (χ2v) is 6.30. The Hall–Kier alpha value is -3.20. The third kappa shape index (κ3) is 4.91. The van der Waals surface area contributed by atoms with Gasteiger partial charge in [-0.15, -0.1) is 11.3 Å². The van der Waals surface area contributed by atoms with Gasteiger partial charge in [-0.2, -0.15) is 0 Å². The molecule has 0 unspecified atom stereocenters. The Morgan fingerprint density at radius 1 is 1.11 bits per heavy atom. The first-order valence-electron chi connectivity index (χ1n) is 7.82. The van der Waals surface area contributed by atoms with Gasteiger partial charge in [-0.3, -0.25) is 10.1 Å². The van der Waals surface area contributed by atoms with Gasteiger partial charge in [-0.1, -0.05) is 0 Å². The molecule has 0 saturated heterocycles. The van der Waals surface area contributed by atoms with E-state index in [1.807, 2.05) is 5.38 Å². The lowest BCUT2D eigenvalue weighted by Crippen LogP contribution is -2.00. The second kappa shape index (κ2) is 8.45. The van der Waals surface area contributed by atoms with Crippen molar-refractivity contribution in [1.29, 1.82) is 0 Å². The van der Waals surface area contributed by atoms with Crippen molar-refractivity contribution in [3.05, 3.63) is 74.5 Å². The van der Waals surface area contributed by atoms with Crippen LogP contribution in [0.25, 0.3) is 0 Å². The number of non-ortho nitro benzene ring substituents is 1. The molecule has 140 valence electrons. The largest absolute Gasteiger partial charge is 0.493 e. The van der Waals surface area contributed by atoms with E-state index in [9.17, 15) is 14.5 Å². The number of nitrogens with zero attached hydrogens (tertiary/aromatic N) is 2. The summed E-state index contributed by atoms with van der Waals surface area (Å²) in [6.45, 7) is 0.376. The molecule has 0 fully saturated rings. The van der Waals surface area contributed by atoms with E-state index in [2.05, 4.69) is 4.98 Å². The fraction of sp³-hybridized carbons (Fsp3) is 0.167. The molecule has 0 spiro atoms. The van der Waals surface area contributed by atoms with Gasteiger partial charge >= 0.3 is 0 Å². The molecule has 2 aromatic carbocycles. The maximum absolute atomic E-state index is 12.9. The molecular weight excluding hydrogens is 375 g/mol. The summed E-state index contributed by atoms with van der Waals surface area (Å²) in [5, 5.41) is 13.4. The number of ether oxygens (including phenoxy) is 3. The smallest absolute Gasteiger partial charge is 0.273 e. The predicted molar refractivity (Wildman–Crippen MR) is 96.8 cm³/mol. The van der Waals surface area contributed by atoms with Gasteiger partial charge in [0.05, 0.1) is 23.8 Å². The number of hydrogen-bond donors (Lipinski definition) is 0. The lowest BCUT2D eigenvalue weighted by Gasteiger charge is -2.09. The van der Waals surface area contributed by atoms with Crippen LogP contribution in [0.3, 0.4) is 0 Å². The molecule has 3 rings (SSSR count). The van der Waals surface area contributed by atoms with Gasteiger partial charge in [-0.05, 0) is 30.3 Å². The molecule has 0 saturated carbocycles. The van der Waals surface area contributed by atoms with E-state index >= 15 is 0 Å². The zero-order chi connectivity index (χ0) is 19.2. The Balaban J connectivity index is 1.60. The van der Waals surface area contributed by atoms with Gasteiger partial charge in [-0.25, -0.2) is 9.37 Å². The highest BCUT2D eigenvalue weighted by atomic mass is 32.1. The highest BCUT2D eigenvalue weighted by Gasteiger charge is 2.13. The molecule has 0 amide bonds. The summed E-state index contributed by atoms with van der Waals surface area (Å²) < 4.78 is 29.2. The zero-order valence-corrected chi connectivity index (χ0v) is 15.1. The maximum atomic E-state index is 12.9. The van der Waals surface area contributed by atoms with E-state index in [-0.39, 0.29) is 30.5 Å². The number of nitro groups is 1. The topological polar surface area (TPSA) is 83.7 Å². The monoisotopic (exact) mass is 390 g/mol. The van der Waals surface area contributed by atoms with E-state index in [0.717, 1.165) is 5.01 Å². The van der Waals surface area contributed by atoms with Crippen molar-refractivity contribution in [2.75, 3.05) is 7.11 Å². The standard InChI is InChI=1S/C18H15FN2O5S/c1-24-16-7-4-14(21(22)23)8-17(16)26-9-13-11-27-18(20-13)10-25-15-5-2-12(19)3-6-15/h2-8,11H,9-10H2,1H3. The van der Waals surface area contributed by atoms with E-state index < -0.39 is 4.92 Å². The molecule has 0 aliphatic rings. The van der Waals surface area contributed by atoms with Gasteiger partial charge in [0.2, 0.25) is 0 Å². The average Bonchev–Trinajstić information content (AvgIpc) is 3.13. The molecule has 0 bridgehead atoms. The van der Waals surface area contributed by atoms with Crippen molar-refractivity contribution in [3.8, 4) is 17.2 Å². The Morgan fingerprint density at radius 3 is 2.59 bits per heavy atom. The normalized spacial score (nSPS) is 10.4. The van der Waals surface area contributed by atoms with Crippen LogP contribution in [-0.4, -0.2) is 17.0 Å². The highest BCUT2D eigenvalue weighted by Crippen LogP contribution is 2.31.